The molecule has 0 amide bonds. The number of carboxylic acid groups (broad SMARTS) is 2. The normalized spacial score (nSPS) is 10.9. The van der Waals surface area contributed by atoms with Crippen molar-refractivity contribution in [2.24, 2.45) is 0 Å². The molecule has 1 heterocycles. The van der Waals surface area contributed by atoms with Gasteiger partial charge in [-0.15, -0.1) is 0 Å². The molecule has 1 aromatic heterocycles. The van der Waals surface area contributed by atoms with Crippen molar-refractivity contribution in [3.8, 4) is 17.2 Å². The van der Waals surface area contributed by atoms with Crippen LogP contribution < -0.4 is 9.64 Å². The van der Waals surface area contributed by atoms with Crippen LogP contribution in [0.25, 0.3) is 16.6 Å². The van der Waals surface area contributed by atoms with Gasteiger partial charge in [-0.05, 0) is 80.6 Å². The number of aromatic nitrogens is 1. The van der Waals surface area contributed by atoms with Gasteiger partial charge in [0.05, 0.1) is 17.5 Å². The van der Waals surface area contributed by atoms with Gasteiger partial charge < -0.3 is 24.4 Å². The maximum Gasteiger partial charge on any atom is 0.338 e. The number of anilines is 1. The molecular formula is C27H25ClN2O5. The van der Waals surface area contributed by atoms with Crippen LogP contribution in [0.15, 0.2) is 66.7 Å². The van der Waals surface area contributed by atoms with E-state index in [1.165, 1.54) is 0 Å². The minimum Gasteiger partial charge on any atom is -0.481 e. The van der Waals surface area contributed by atoms with E-state index in [9.17, 15) is 19.8 Å². The van der Waals surface area contributed by atoms with Crippen LogP contribution in [0.4, 0.5) is 5.69 Å². The van der Waals surface area contributed by atoms with Crippen molar-refractivity contribution >= 4 is 40.1 Å². The lowest BCUT2D eigenvalue weighted by molar-refractivity contribution is -0.136. The van der Waals surface area contributed by atoms with Crippen LogP contribution in [-0.4, -0.2) is 39.8 Å². The largest absolute Gasteiger partial charge is 0.481 e. The number of halogens is 1. The van der Waals surface area contributed by atoms with E-state index in [0.29, 0.717) is 33.1 Å². The molecule has 0 atom stereocenters. The SMILES string of the molecule is CCN(CC)c1ccc(-n2c(CC(=O)O)c(C(=O)O)c3cc(Oc4ccc(Cl)cc4)ccc32)cc1. The highest BCUT2D eigenvalue weighted by molar-refractivity contribution is 6.30. The van der Waals surface area contributed by atoms with Crippen LogP contribution in [0, 0.1) is 0 Å². The van der Waals surface area contributed by atoms with Gasteiger partial charge in [0.25, 0.3) is 0 Å². The van der Waals surface area contributed by atoms with Gasteiger partial charge >= 0.3 is 11.9 Å². The predicted octanol–water partition coefficient (Wildman–Crippen LogP) is 6.25. The Morgan fingerprint density at radius 1 is 0.914 bits per heavy atom. The Kier molecular flexibility index (Phi) is 6.98. The Labute approximate surface area is 207 Å². The van der Waals surface area contributed by atoms with Crippen LogP contribution in [-0.2, 0) is 11.2 Å². The van der Waals surface area contributed by atoms with Crippen molar-refractivity contribution in [3.05, 3.63) is 83.0 Å². The molecule has 35 heavy (non-hydrogen) atoms. The molecule has 4 rings (SSSR count). The predicted molar refractivity (Wildman–Crippen MR) is 137 cm³/mol. The monoisotopic (exact) mass is 492 g/mol. The molecule has 0 spiro atoms. The molecule has 180 valence electrons. The number of rotatable bonds is 9. The van der Waals surface area contributed by atoms with E-state index in [2.05, 4.69) is 18.7 Å². The fourth-order valence-electron chi connectivity index (χ4n) is 4.27. The quantitative estimate of drug-likeness (QED) is 0.287. The van der Waals surface area contributed by atoms with E-state index in [0.717, 1.165) is 18.8 Å². The van der Waals surface area contributed by atoms with Gasteiger partial charge in [0.1, 0.15) is 11.5 Å². The van der Waals surface area contributed by atoms with Gasteiger partial charge in [-0.2, -0.15) is 0 Å². The molecule has 2 N–H and O–H groups in total. The van der Waals surface area contributed by atoms with E-state index in [1.54, 1.807) is 47.0 Å². The standard InChI is InChI=1S/C27H25ClN2O5/c1-3-29(4-2)18-7-9-19(10-8-18)30-23-14-13-21(35-20-11-5-17(28)6-12-20)15-22(23)26(27(33)34)24(30)16-25(31)32/h5-15H,3-4,16H2,1-2H3,(H,31,32)(H,33,34). The zero-order valence-electron chi connectivity index (χ0n) is 19.4. The van der Waals surface area contributed by atoms with Gasteiger partial charge in [-0.3, -0.25) is 4.79 Å². The molecule has 0 unspecified atom stereocenters. The maximum absolute atomic E-state index is 12.3. The summed E-state index contributed by atoms with van der Waals surface area (Å²) in [4.78, 5) is 26.2. The second-order valence-corrected chi connectivity index (χ2v) is 8.39. The van der Waals surface area contributed by atoms with Crippen molar-refractivity contribution in [1.29, 1.82) is 0 Å². The van der Waals surface area contributed by atoms with Crippen LogP contribution in [0.5, 0.6) is 11.5 Å². The number of aliphatic carboxylic acids is 1. The summed E-state index contributed by atoms with van der Waals surface area (Å²) >= 11 is 5.94. The van der Waals surface area contributed by atoms with E-state index in [-0.39, 0.29) is 11.3 Å². The summed E-state index contributed by atoms with van der Waals surface area (Å²) in [6, 6.07) is 19.6. The Morgan fingerprint density at radius 2 is 1.54 bits per heavy atom. The van der Waals surface area contributed by atoms with Crippen molar-refractivity contribution in [1.82, 2.24) is 4.57 Å². The summed E-state index contributed by atoms with van der Waals surface area (Å²) in [5, 5.41) is 20.6. The number of hydrogen-bond donors (Lipinski definition) is 2. The molecule has 4 aromatic rings. The van der Waals surface area contributed by atoms with E-state index >= 15 is 0 Å². The molecule has 0 saturated carbocycles. The molecule has 8 heteroatoms. The van der Waals surface area contributed by atoms with Gasteiger partial charge in [0, 0.05) is 40.6 Å². The Bertz CT molecular complexity index is 1370. The number of aromatic carboxylic acids is 1. The number of nitrogens with zero attached hydrogens (tertiary/aromatic N) is 2. The van der Waals surface area contributed by atoms with E-state index in [1.807, 2.05) is 24.3 Å². The molecular weight excluding hydrogens is 468 g/mol. The summed E-state index contributed by atoms with van der Waals surface area (Å²) < 4.78 is 7.60. The first-order valence-corrected chi connectivity index (χ1v) is 11.6. The lowest BCUT2D eigenvalue weighted by Crippen LogP contribution is -2.21. The third kappa shape index (κ3) is 4.95. The minimum atomic E-state index is -1.20. The third-order valence-electron chi connectivity index (χ3n) is 5.86. The Morgan fingerprint density at radius 3 is 2.11 bits per heavy atom. The van der Waals surface area contributed by atoms with Gasteiger partial charge in [-0.1, -0.05) is 11.6 Å². The first-order valence-electron chi connectivity index (χ1n) is 11.2. The first-order chi connectivity index (χ1) is 16.8. The van der Waals surface area contributed by atoms with Crippen LogP contribution >= 0.6 is 11.6 Å². The average Bonchev–Trinajstić information content (AvgIpc) is 3.14. The molecule has 0 radical (unpaired) electrons. The zero-order chi connectivity index (χ0) is 25.1. The van der Waals surface area contributed by atoms with Gasteiger partial charge in [0.15, 0.2) is 0 Å². The highest BCUT2D eigenvalue weighted by atomic mass is 35.5. The number of benzene rings is 3. The molecule has 0 saturated heterocycles. The fourth-order valence-corrected chi connectivity index (χ4v) is 4.40. The van der Waals surface area contributed by atoms with Gasteiger partial charge in [-0.25, -0.2) is 4.79 Å². The molecule has 0 fully saturated rings. The smallest absolute Gasteiger partial charge is 0.338 e. The second kappa shape index (κ2) is 10.1. The topological polar surface area (TPSA) is 92.0 Å². The second-order valence-electron chi connectivity index (χ2n) is 7.96. The number of carboxylic acids is 2. The van der Waals surface area contributed by atoms with Crippen molar-refractivity contribution in [2.45, 2.75) is 20.3 Å². The summed E-state index contributed by atoms with van der Waals surface area (Å²) in [6.07, 6.45) is -0.443. The summed E-state index contributed by atoms with van der Waals surface area (Å²) in [5.74, 6) is -1.34. The Hall–Kier alpha value is -3.97. The van der Waals surface area contributed by atoms with Crippen LogP contribution in [0.3, 0.4) is 0 Å². The minimum absolute atomic E-state index is 0.0585. The third-order valence-corrected chi connectivity index (χ3v) is 6.11. The van der Waals surface area contributed by atoms with E-state index in [4.69, 9.17) is 16.3 Å². The van der Waals surface area contributed by atoms with Gasteiger partial charge in [0.2, 0.25) is 0 Å². The number of ether oxygens (including phenoxy) is 1. The number of carbonyl (C=O) groups is 2. The highest BCUT2D eigenvalue weighted by Gasteiger charge is 2.25. The fraction of sp³-hybridized carbons (Fsp3) is 0.185. The zero-order valence-corrected chi connectivity index (χ0v) is 20.1. The van der Waals surface area contributed by atoms with Crippen molar-refractivity contribution < 1.29 is 24.5 Å². The highest BCUT2D eigenvalue weighted by Crippen LogP contribution is 2.35. The van der Waals surface area contributed by atoms with Crippen LogP contribution in [0.1, 0.15) is 29.9 Å². The maximum atomic E-state index is 12.3. The summed E-state index contributed by atoms with van der Waals surface area (Å²) in [6.45, 7) is 5.85. The lowest BCUT2D eigenvalue weighted by atomic mass is 10.1. The van der Waals surface area contributed by atoms with Crippen molar-refractivity contribution in [3.63, 3.8) is 0 Å². The molecule has 7 nitrogen and oxygen atoms in total. The van der Waals surface area contributed by atoms with Crippen LogP contribution in [0.2, 0.25) is 5.02 Å². The average molecular weight is 493 g/mol. The molecule has 3 aromatic carbocycles. The molecule has 0 bridgehead atoms. The van der Waals surface area contributed by atoms with Crippen molar-refractivity contribution in [2.75, 3.05) is 18.0 Å². The first kappa shape index (κ1) is 24.2. The summed E-state index contributed by atoms with van der Waals surface area (Å²) in [7, 11) is 0. The van der Waals surface area contributed by atoms with E-state index < -0.39 is 18.4 Å². The number of hydrogen-bond acceptors (Lipinski definition) is 4. The Balaban J connectivity index is 1.87. The molecule has 0 aliphatic heterocycles. The molecule has 0 aliphatic rings. The molecule has 0 aliphatic carbocycles. The number of fused-ring (bicyclic) bond motifs is 1. The summed E-state index contributed by atoms with van der Waals surface area (Å²) in [5.41, 5.74) is 2.43. The lowest BCUT2D eigenvalue weighted by Gasteiger charge is -2.21.